The van der Waals surface area contributed by atoms with Gasteiger partial charge in [0.1, 0.15) is 0 Å². The molecule has 3 nitrogen and oxygen atoms in total. The highest BCUT2D eigenvalue weighted by Gasteiger charge is 2.20. The summed E-state index contributed by atoms with van der Waals surface area (Å²) in [5, 5.41) is 14.5. The van der Waals surface area contributed by atoms with Crippen LogP contribution in [0.5, 0.6) is 0 Å². The molecule has 12 aromatic rings. The van der Waals surface area contributed by atoms with Gasteiger partial charge in [0.15, 0.2) is 0 Å². The van der Waals surface area contributed by atoms with Crippen molar-refractivity contribution in [2.45, 2.75) is 0 Å². The van der Waals surface area contributed by atoms with Crippen LogP contribution in [-0.2, 0) is 0 Å². The first-order chi connectivity index (χ1) is 31.7. The van der Waals surface area contributed by atoms with Crippen LogP contribution in [0.3, 0.4) is 0 Å². The molecule has 2 heterocycles. The average Bonchev–Trinajstić information content (AvgIpc) is 3.88. The monoisotopic (exact) mass is 813 g/mol. The second kappa shape index (κ2) is 15.3. The Hall–Kier alpha value is -8.71. The zero-order valence-corrected chi connectivity index (χ0v) is 34.9. The molecule has 0 aliphatic heterocycles. The molecule has 10 aromatic carbocycles. The van der Waals surface area contributed by atoms with E-state index in [1.165, 1.54) is 54.9 Å². The maximum Gasteiger partial charge on any atom is 0.0991 e. The fourth-order valence-electron chi connectivity index (χ4n) is 9.60. The summed E-state index contributed by atoms with van der Waals surface area (Å²) >= 11 is 0. The Bertz CT molecular complexity index is 3520. The van der Waals surface area contributed by atoms with Gasteiger partial charge in [0.25, 0.3) is 0 Å². The summed E-state index contributed by atoms with van der Waals surface area (Å²) in [5.41, 5.74) is 18.7. The van der Waals surface area contributed by atoms with E-state index in [4.69, 9.17) is 0 Å². The van der Waals surface area contributed by atoms with Gasteiger partial charge in [0, 0.05) is 32.9 Å². The van der Waals surface area contributed by atoms with Gasteiger partial charge in [-0.05, 0) is 122 Å². The number of hydrogen-bond donors (Lipinski definition) is 0. The molecule has 64 heavy (non-hydrogen) atoms. The largest absolute Gasteiger partial charge is 0.309 e. The minimum Gasteiger partial charge on any atom is -0.309 e. The molecule has 0 spiro atoms. The number of nitriles is 1. The molecule has 0 radical (unpaired) electrons. The van der Waals surface area contributed by atoms with E-state index >= 15 is 0 Å². The maximum absolute atomic E-state index is 9.78. The van der Waals surface area contributed by atoms with Crippen LogP contribution in [0.15, 0.2) is 237 Å². The standard InChI is InChI=1S/C61H39N3/c62-40-41-21-23-46(24-22-41)51-33-52(63-58-31-27-47(42-13-5-1-6-14-42)35-56(58)54-29-25-49(37-60(54)63)44-17-9-3-10-18-44)39-53(34-51)64-59-32-28-48(43-15-7-2-8-16-43)36-57(59)55-30-26-50(38-61(55)64)45-19-11-4-12-20-45/h1-39H. The Morgan fingerprint density at radius 1 is 0.250 bits per heavy atom. The van der Waals surface area contributed by atoms with Gasteiger partial charge in [-0.25, -0.2) is 0 Å². The van der Waals surface area contributed by atoms with Gasteiger partial charge in [-0.1, -0.05) is 170 Å². The summed E-state index contributed by atoms with van der Waals surface area (Å²) in [6, 6.07) is 87.3. The van der Waals surface area contributed by atoms with Crippen molar-refractivity contribution in [1.29, 1.82) is 5.26 Å². The topological polar surface area (TPSA) is 33.6 Å². The van der Waals surface area contributed by atoms with Crippen LogP contribution in [-0.4, -0.2) is 9.13 Å². The van der Waals surface area contributed by atoms with Gasteiger partial charge < -0.3 is 9.13 Å². The fraction of sp³-hybridized carbons (Fsp3) is 0. The zero-order valence-electron chi connectivity index (χ0n) is 34.9. The number of aromatic nitrogens is 2. The van der Waals surface area contributed by atoms with Crippen LogP contribution in [0.4, 0.5) is 0 Å². The molecule has 0 aliphatic rings. The molecule has 0 amide bonds. The van der Waals surface area contributed by atoms with Crippen LogP contribution >= 0.6 is 0 Å². The third-order valence-electron chi connectivity index (χ3n) is 12.7. The summed E-state index contributed by atoms with van der Waals surface area (Å²) in [7, 11) is 0. The van der Waals surface area contributed by atoms with Crippen molar-refractivity contribution in [2.75, 3.05) is 0 Å². The van der Waals surface area contributed by atoms with Crippen LogP contribution < -0.4 is 0 Å². The van der Waals surface area contributed by atoms with Gasteiger partial charge in [-0.2, -0.15) is 5.26 Å². The molecule has 12 rings (SSSR count). The molecule has 0 bridgehead atoms. The van der Waals surface area contributed by atoms with Crippen LogP contribution in [0.1, 0.15) is 5.56 Å². The fourth-order valence-corrected chi connectivity index (χ4v) is 9.60. The van der Waals surface area contributed by atoms with Crippen LogP contribution in [0.2, 0.25) is 0 Å². The van der Waals surface area contributed by atoms with E-state index in [0.29, 0.717) is 5.56 Å². The number of rotatable bonds is 7. The first-order valence-electron chi connectivity index (χ1n) is 21.7. The highest BCUT2D eigenvalue weighted by Crippen LogP contribution is 2.42. The van der Waals surface area contributed by atoms with Crippen molar-refractivity contribution in [3.05, 3.63) is 242 Å². The number of benzene rings is 10. The predicted molar refractivity (Wildman–Crippen MR) is 267 cm³/mol. The molecule has 0 fully saturated rings. The second-order valence-corrected chi connectivity index (χ2v) is 16.5. The summed E-state index contributed by atoms with van der Waals surface area (Å²) < 4.78 is 4.89. The van der Waals surface area contributed by atoms with Gasteiger partial charge >= 0.3 is 0 Å². The molecule has 0 atom stereocenters. The first-order valence-corrected chi connectivity index (χ1v) is 21.7. The minimum atomic E-state index is 0.634. The Balaban J connectivity index is 1.17. The van der Waals surface area contributed by atoms with E-state index in [1.807, 2.05) is 12.1 Å². The summed E-state index contributed by atoms with van der Waals surface area (Å²) in [5.74, 6) is 0. The van der Waals surface area contributed by atoms with E-state index in [0.717, 1.165) is 55.7 Å². The lowest BCUT2D eigenvalue weighted by molar-refractivity contribution is 1.13. The van der Waals surface area contributed by atoms with Crippen molar-refractivity contribution in [1.82, 2.24) is 9.13 Å². The molecule has 0 N–H and O–H groups in total. The van der Waals surface area contributed by atoms with Gasteiger partial charge in [-0.15, -0.1) is 0 Å². The SMILES string of the molecule is N#Cc1ccc(-c2cc(-n3c4ccc(-c5ccccc5)cc4c4ccc(-c5ccccc5)cc43)cc(-n3c4ccc(-c5ccccc5)cc4c4ccc(-c5ccccc5)cc43)c2)cc1. The van der Waals surface area contributed by atoms with Crippen molar-refractivity contribution in [2.24, 2.45) is 0 Å². The van der Waals surface area contributed by atoms with Crippen molar-refractivity contribution in [3.8, 4) is 73.1 Å². The first kappa shape index (κ1) is 37.1. The van der Waals surface area contributed by atoms with E-state index < -0.39 is 0 Å². The molecule has 0 unspecified atom stereocenters. The number of fused-ring (bicyclic) bond motifs is 6. The molecule has 3 heteroatoms. The summed E-state index contributed by atoms with van der Waals surface area (Å²) in [6.45, 7) is 0. The van der Waals surface area contributed by atoms with E-state index in [-0.39, 0.29) is 0 Å². The number of hydrogen-bond acceptors (Lipinski definition) is 1. The Kier molecular flexibility index (Phi) is 8.88. The minimum absolute atomic E-state index is 0.634. The lowest BCUT2D eigenvalue weighted by Gasteiger charge is -2.17. The summed E-state index contributed by atoms with van der Waals surface area (Å²) in [4.78, 5) is 0. The van der Waals surface area contributed by atoms with E-state index in [2.05, 4.69) is 240 Å². The lowest BCUT2D eigenvalue weighted by Crippen LogP contribution is -2.00. The molecule has 2 aromatic heterocycles. The third-order valence-corrected chi connectivity index (χ3v) is 12.7. The maximum atomic E-state index is 9.78. The average molecular weight is 814 g/mol. The van der Waals surface area contributed by atoms with E-state index in [1.54, 1.807) is 0 Å². The molecule has 298 valence electrons. The smallest absolute Gasteiger partial charge is 0.0991 e. The molecule has 0 saturated heterocycles. The lowest BCUT2D eigenvalue weighted by atomic mass is 10.0. The summed E-state index contributed by atoms with van der Waals surface area (Å²) in [6.07, 6.45) is 0. The Morgan fingerprint density at radius 2 is 0.594 bits per heavy atom. The van der Waals surface area contributed by atoms with Crippen molar-refractivity contribution < 1.29 is 0 Å². The molecular weight excluding hydrogens is 775 g/mol. The van der Waals surface area contributed by atoms with Crippen LogP contribution in [0, 0.1) is 11.3 Å². The molecular formula is C61H39N3. The van der Waals surface area contributed by atoms with Gasteiger partial charge in [0.05, 0.1) is 33.7 Å². The Labute approximate surface area is 371 Å². The van der Waals surface area contributed by atoms with Crippen molar-refractivity contribution in [3.63, 3.8) is 0 Å². The Morgan fingerprint density at radius 3 is 0.984 bits per heavy atom. The van der Waals surface area contributed by atoms with E-state index in [9.17, 15) is 5.26 Å². The van der Waals surface area contributed by atoms with Gasteiger partial charge in [0.2, 0.25) is 0 Å². The predicted octanol–water partition coefficient (Wildman–Crippen LogP) is 16.1. The van der Waals surface area contributed by atoms with Crippen LogP contribution in [0.25, 0.3) is 111 Å². The van der Waals surface area contributed by atoms with Gasteiger partial charge in [-0.3, -0.25) is 0 Å². The second-order valence-electron chi connectivity index (χ2n) is 16.5. The normalized spacial score (nSPS) is 11.4. The molecule has 0 aliphatic carbocycles. The third kappa shape index (κ3) is 6.37. The molecule has 0 saturated carbocycles. The quantitative estimate of drug-likeness (QED) is 0.158. The number of nitrogens with zero attached hydrogens (tertiary/aromatic N) is 3. The highest BCUT2D eigenvalue weighted by molar-refractivity contribution is 6.13. The zero-order chi connectivity index (χ0) is 42.6. The van der Waals surface area contributed by atoms with Crippen molar-refractivity contribution >= 4 is 43.6 Å². The highest BCUT2D eigenvalue weighted by atomic mass is 15.0.